The first-order chi connectivity index (χ1) is 10.9. The lowest BCUT2D eigenvalue weighted by molar-refractivity contribution is 0.189. The molecule has 2 aromatic carbocycles. The fourth-order valence-corrected chi connectivity index (χ4v) is 2.74. The Balaban J connectivity index is 2.38. The van der Waals surface area contributed by atoms with Gasteiger partial charge in [0.1, 0.15) is 6.10 Å². The molecule has 2 rings (SSSR count). The van der Waals surface area contributed by atoms with Gasteiger partial charge in [0.2, 0.25) is 0 Å². The first-order valence-corrected chi connectivity index (χ1v) is 8.55. The fraction of sp³-hybridized carbons (Fsp3) is 0.409. The molecule has 0 fully saturated rings. The smallest absolute Gasteiger partial charge is 0.108 e. The molecule has 1 N–H and O–H groups in total. The zero-order valence-corrected chi connectivity index (χ0v) is 14.8. The number of aliphatic hydroxyl groups is 1. The number of hydrogen-bond donors (Lipinski definition) is 1. The number of fused-ring (bicyclic) bond motifs is 1. The molecule has 0 aliphatic rings. The molecule has 1 nitrogen and oxygen atoms in total. The van der Waals surface area contributed by atoms with Crippen LogP contribution in [0.1, 0.15) is 58.6 Å². The van der Waals surface area contributed by atoms with E-state index in [9.17, 15) is 5.11 Å². The highest BCUT2D eigenvalue weighted by molar-refractivity contribution is 5.83. The van der Waals surface area contributed by atoms with E-state index in [-0.39, 0.29) is 5.41 Å². The standard InChI is InChI=1S/C22H28O/c1-5-6-7-8-13-20(22(2,3)4)21(23)19-15-14-17-11-9-10-12-18(17)16-19/h8-12,14-16,21,23H,5-7H2,1-4H3/t13?,21-/m1/s1. The van der Waals surface area contributed by atoms with Gasteiger partial charge in [-0.2, -0.15) is 0 Å². The predicted molar refractivity (Wildman–Crippen MR) is 99.5 cm³/mol. The molecule has 0 aliphatic heterocycles. The number of aliphatic hydroxyl groups excluding tert-OH is 1. The highest BCUT2D eigenvalue weighted by Crippen LogP contribution is 2.35. The second-order valence-electron chi connectivity index (χ2n) is 7.16. The van der Waals surface area contributed by atoms with Gasteiger partial charge in [0.05, 0.1) is 0 Å². The van der Waals surface area contributed by atoms with Crippen molar-refractivity contribution in [2.24, 2.45) is 5.41 Å². The van der Waals surface area contributed by atoms with Crippen LogP contribution < -0.4 is 0 Å². The fourth-order valence-electron chi connectivity index (χ4n) is 2.74. The average molecular weight is 308 g/mol. The largest absolute Gasteiger partial charge is 0.383 e. The van der Waals surface area contributed by atoms with Crippen LogP contribution in [0.15, 0.2) is 59.8 Å². The van der Waals surface area contributed by atoms with Gasteiger partial charge in [-0.25, -0.2) is 0 Å². The van der Waals surface area contributed by atoms with E-state index in [0.717, 1.165) is 29.4 Å². The van der Waals surface area contributed by atoms with Crippen molar-refractivity contribution in [1.29, 1.82) is 0 Å². The molecular weight excluding hydrogens is 280 g/mol. The maximum Gasteiger partial charge on any atom is 0.108 e. The molecule has 0 aromatic heterocycles. The van der Waals surface area contributed by atoms with Crippen LogP contribution in [0.4, 0.5) is 0 Å². The number of benzene rings is 2. The molecule has 0 saturated carbocycles. The van der Waals surface area contributed by atoms with E-state index in [1.165, 1.54) is 11.8 Å². The Morgan fingerprint density at radius 1 is 1.13 bits per heavy atom. The maximum atomic E-state index is 10.9. The topological polar surface area (TPSA) is 20.2 Å². The summed E-state index contributed by atoms with van der Waals surface area (Å²) < 4.78 is 0. The maximum absolute atomic E-state index is 10.9. The van der Waals surface area contributed by atoms with Crippen molar-refractivity contribution in [2.75, 3.05) is 0 Å². The summed E-state index contributed by atoms with van der Waals surface area (Å²) in [5.74, 6) is 0. The van der Waals surface area contributed by atoms with Crippen LogP contribution in [0.2, 0.25) is 0 Å². The average Bonchev–Trinajstić information content (AvgIpc) is 2.52. The van der Waals surface area contributed by atoms with Crippen molar-refractivity contribution in [3.8, 4) is 0 Å². The molecule has 1 heteroatoms. The van der Waals surface area contributed by atoms with Gasteiger partial charge in [-0.05, 0) is 46.7 Å². The van der Waals surface area contributed by atoms with Crippen LogP contribution in [0.3, 0.4) is 0 Å². The summed E-state index contributed by atoms with van der Waals surface area (Å²) in [6, 6.07) is 14.4. The number of rotatable bonds is 5. The lowest BCUT2D eigenvalue weighted by atomic mass is 9.81. The Labute approximate surface area is 140 Å². The highest BCUT2D eigenvalue weighted by Gasteiger charge is 2.25. The van der Waals surface area contributed by atoms with E-state index in [1.54, 1.807) is 0 Å². The van der Waals surface area contributed by atoms with Gasteiger partial charge in [0, 0.05) is 5.57 Å². The van der Waals surface area contributed by atoms with Gasteiger partial charge in [0.15, 0.2) is 0 Å². The van der Waals surface area contributed by atoms with Crippen molar-refractivity contribution < 1.29 is 5.11 Å². The molecule has 0 amide bonds. The van der Waals surface area contributed by atoms with Gasteiger partial charge in [-0.1, -0.05) is 70.5 Å². The molecule has 2 aromatic rings. The zero-order chi connectivity index (χ0) is 16.9. The molecular formula is C22H28O. The van der Waals surface area contributed by atoms with E-state index in [2.05, 4.69) is 63.8 Å². The van der Waals surface area contributed by atoms with Crippen LogP contribution in [-0.4, -0.2) is 5.11 Å². The quantitative estimate of drug-likeness (QED) is 0.515. The van der Waals surface area contributed by atoms with E-state index in [0.29, 0.717) is 0 Å². The predicted octanol–water partition coefficient (Wildman–Crippen LogP) is 6.19. The van der Waals surface area contributed by atoms with Crippen LogP contribution in [0.25, 0.3) is 10.8 Å². The normalized spacial score (nSPS) is 12.7. The summed E-state index contributed by atoms with van der Waals surface area (Å²) in [5.41, 5.74) is 5.15. The summed E-state index contributed by atoms with van der Waals surface area (Å²) >= 11 is 0. The Kier molecular flexibility index (Phi) is 5.82. The molecule has 0 spiro atoms. The molecule has 0 heterocycles. The molecule has 0 bridgehead atoms. The third kappa shape index (κ3) is 4.58. The summed E-state index contributed by atoms with van der Waals surface area (Å²) in [4.78, 5) is 0. The van der Waals surface area contributed by atoms with E-state index in [4.69, 9.17) is 0 Å². The SMILES string of the molecule is CCCCC=C=C([C@H](O)c1ccc2ccccc2c1)C(C)(C)C. The molecule has 0 aliphatic carbocycles. The third-order valence-electron chi connectivity index (χ3n) is 4.13. The van der Waals surface area contributed by atoms with Crippen molar-refractivity contribution in [2.45, 2.75) is 53.1 Å². The minimum atomic E-state index is -0.613. The molecule has 23 heavy (non-hydrogen) atoms. The Bertz CT molecular complexity index is 712. The molecule has 0 unspecified atom stereocenters. The van der Waals surface area contributed by atoms with Crippen molar-refractivity contribution in [3.05, 3.63) is 65.4 Å². The van der Waals surface area contributed by atoms with Crippen LogP contribution >= 0.6 is 0 Å². The van der Waals surface area contributed by atoms with Crippen molar-refractivity contribution >= 4 is 10.8 Å². The van der Waals surface area contributed by atoms with E-state index in [1.807, 2.05) is 18.2 Å². The third-order valence-corrected chi connectivity index (χ3v) is 4.13. The van der Waals surface area contributed by atoms with Gasteiger partial charge in [-0.3, -0.25) is 0 Å². The molecule has 122 valence electrons. The first-order valence-electron chi connectivity index (χ1n) is 8.55. The minimum absolute atomic E-state index is 0.117. The summed E-state index contributed by atoms with van der Waals surface area (Å²) in [7, 11) is 0. The van der Waals surface area contributed by atoms with E-state index < -0.39 is 6.10 Å². The Morgan fingerprint density at radius 2 is 1.83 bits per heavy atom. The van der Waals surface area contributed by atoms with Crippen molar-refractivity contribution in [3.63, 3.8) is 0 Å². The Hall–Kier alpha value is -1.82. The number of hydrogen-bond acceptors (Lipinski definition) is 1. The lowest BCUT2D eigenvalue weighted by Crippen LogP contribution is -2.16. The zero-order valence-electron chi connectivity index (χ0n) is 14.8. The first kappa shape index (κ1) is 17.5. The molecule has 0 saturated heterocycles. The summed E-state index contributed by atoms with van der Waals surface area (Å²) in [6.45, 7) is 8.58. The molecule has 1 atom stereocenters. The minimum Gasteiger partial charge on any atom is -0.383 e. The van der Waals surface area contributed by atoms with Gasteiger partial charge in [-0.15, -0.1) is 5.73 Å². The van der Waals surface area contributed by atoms with Crippen LogP contribution in [0, 0.1) is 5.41 Å². The Morgan fingerprint density at radius 3 is 2.48 bits per heavy atom. The monoisotopic (exact) mass is 308 g/mol. The van der Waals surface area contributed by atoms with E-state index >= 15 is 0 Å². The number of unbranched alkanes of at least 4 members (excludes halogenated alkanes) is 2. The summed E-state index contributed by atoms with van der Waals surface area (Å²) in [6.07, 6.45) is 4.82. The second kappa shape index (κ2) is 7.64. The van der Waals surface area contributed by atoms with Gasteiger partial charge in [0.25, 0.3) is 0 Å². The van der Waals surface area contributed by atoms with Gasteiger partial charge >= 0.3 is 0 Å². The summed E-state index contributed by atoms with van der Waals surface area (Å²) in [5, 5.41) is 13.3. The highest BCUT2D eigenvalue weighted by atomic mass is 16.3. The molecule has 0 radical (unpaired) electrons. The van der Waals surface area contributed by atoms with Crippen LogP contribution in [-0.2, 0) is 0 Å². The van der Waals surface area contributed by atoms with Crippen LogP contribution in [0.5, 0.6) is 0 Å². The second-order valence-corrected chi connectivity index (χ2v) is 7.16. The lowest BCUT2D eigenvalue weighted by Gasteiger charge is -2.26. The van der Waals surface area contributed by atoms with Crippen molar-refractivity contribution in [1.82, 2.24) is 0 Å². The van der Waals surface area contributed by atoms with Gasteiger partial charge < -0.3 is 5.11 Å².